The number of nitrogens with zero attached hydrogens (tertiary/aromatic N) is 1. The van der Waals surface area contributed by atoms with Gasteiger partial charge in [0.05, 0.1) is 24.8 Å². The van der Waals surface area contributed by atoms with Crippen molar-refractivity contribution < 1.29 is 13.9 Å². The molecule has 0 saturated carbocycles. The van der Waals surface area contributed by atoms with Crippen LogP contribution in [-0.4, -0.2) is 13.7 Å². The second-order valence-electron chi connectivity index (χ2n) is 6.68. The van der Waals surface area contributed by atoms with Gasteiger partial charge in [0.2, 0.25) is 0 Å². The predicted octanol–water partition coefficient (Wildman–Crippen LogP) is 6.13. The van der Waals surface area contributed by atoms with E-state index in [0.717, 1.165) is 51.3 Å². The molecule has 0 saturated heterocycles. The van der Waals surface area contributed by atoms with E-state index in [0.29, 0.717) is 6.61 Å². The lowest BCUT2D eigenvalue weighted by atomic mass is 10.1. The summed E-state index contributed by atoms with van der Waals surface area (Å²) in [5, 5.41) is 1.72. The maximum atomic E-state index is 6.15. The van der Waals surface area contributed by atoms with Gasteiger partial charge in [0, 0.05) is 17.0 Å². The maximum Gasteiger partial charge on any atom is 0.137 e. The molecule has 4 nitrogen and oxygen atoms in total. The molecule has 0 spiro atoms. The smallest absolute Gasteiger partial charge is 0.137 e. The van der Waals surface area contributed by atoms with Gasteiger partial charge in [-0.3, -0.25) is 0 Å². The Labute approximate surface area is 170 Å². The standard InChI is InChI=1S/C25H23NO3/c1-3-15-28-20-11-9-19(10-12-20)26-23-17-25(18-7-5-4-6-8-18)29-24-14-13-21(27-2)16-22(23)24/h4-14,16-17H,3,15H2,1-2H3. The van der Waals surface area contributed by atoms with Crippen molar-refractivity contribution in [3.05, 3.63) is 84.2 Å². The van der Waals surface area contributed by atoms with E-state index in [1.807, 2.05) is 78.9 Å². The van der Waals surface area contributed by atoms with E-state index in [4.69, 9.17) is 18.9 Å². The first-order valence-corrected chi connectivity index (χ1v) is 9.72. The second kappa shape index (κ2) is 8.65. The lowest BCUT2D eigenvalue weighted by Gasteiger charge is -2.07. The van der Waals surface area contributed by atoms with Crippen molar-refractivity contribution >= 4 is 16.7 Å². The molecule has 0 aliphatic rings. The molecule has 4 rings (SSSR count). The lowest BCUT2D eigenvalue weighted by molar-refractivity contribution is 0.317. The molecule has 0 atom stereocenters. The van der Waals surface area contributed by atoms with Gasteiger partial charge in [0.25, 0.3) is 0 Å². The predicted molar refractivity (Wildman–Crippen MR) is 116 cm³/mol. The van der Waals surface area contributed by atoms with Gasteiger partial charge in [-0.05, 0) is 48.9 Å². The molecule has 0 unspecified atom stereocenters. The summed E-state index contributed by atoms with van der Waals surface area (Å²) in [4.78, 5) is 4.88. The Morgan fingerprint density at radius 2 is 1.62 bits per heavy atom. The quantitative estimate of drug-likeness (QED) is 0.401. The Morgan fingerprint density at radius 1 is 0.862 bits per heavy atom. The third-order valence-electron chi connectivity index (χ3n) is 4.57. The van der Waals surface area contributed by atoms with E-state index in [2.05, 4.69) is 6.92 Å². The first-order valence-electron chi connectivity index (χ1n) is 9.72. The van der Waals surface area contributed by atoms with Crippen molar-refractivity contribution in [3.63, 3.8) is 0 Å². The Balaban J connectivity index is 1.85. The SMILES string of the molecule is CCCOc1ccc(N=c2cc(-c3ccccc3)oc3ccc(OC)cc23)cc1. The summed E-state index contributed by atoms with van der Waals surface area (Å²) in [5.41, 5.74) is 2.61. The molecule has 0 aliphatic carbocycles. The van der Waals surface area contributed by atoms with Crippen molar-refractivity contribution in [1.29, 1.82) is 0 Å². The zero-order valence-corrected chi connectivity index (χ0v) is 16.6. The van der Waals surface area contributed by atoms with Gasteiger partial charge in [0.15, 0.2) is 0 Å². The molecule has 0 N–H and O–H groups in total. The number of fused-ring (bicyclic) bond motifs is 1. The largest absolute Gasteiger partial charge is 0.497 e. The van der Waals surface area contributed by atoms with E-state index >= 15 is 0 Å². The number of rotatable bonds is 6. The van der Waals surface area contributed by atoms with Crippen LogP contribution in [0, 0.1) is 0 Å². The summed E-state index contributed by atoms with van der Waals surface area (Å²) in [6.07, 6.45) is 0.982. The van der Waals surface area contributed by atoms with Crippen LogP contribution in [0.1, 0.15) is 13.3 Å². The van der Waals surface area contributed by atoms with Crippen LogP contribution in [-0.2, 0) is 0 Å². The normalized spacial score (nSPS) is 11.6. The van der Waals surface area contributed by atoms with Crippen molar-refractivity contribution in [2.75, 3.05) is 13.7 Å². The minimum absolute atomic E-state index is 0.710. The van der Waals surface area contributed by atoms with E-state index in [-0.39, 0.29) is 0 Å². The van der Waals surface area contributed by atoms with Crippen LogP contribution < -0.4 is 14.8 Å². The molecular weight excluding hydrogens is 362 g/mol. The van der Waals surface area contributed by atoms with Gasteiger partial charge < -0.3 is 13.9 Å². The van der Waals surface area contributed by atoms with Crippen molar-refractivity contribution in [1.82, 2.24) is 0 Å². The monoisotopic (exact) mass is 385 g/mol. The number of hydrogen-bond acceptors (Lipinski definition) is 4. The van der Waals surface area contributed by atoms with Gasteiger partial charge in [-0.15, -0.1) is 0 Å². The fraction of sp³-hybridized carbons (Fsp3) is 0.160. The fourth-order valence-electron chi connectivity index (χ4n) is 3.09. The Morgan fingerprint density at radius 3 is 2.34 bits per heavy atom. The number of benzene rings is 3. The van der Waals surface area contributed by atoms with Crippen LogP contribution in [0.25, 0.3) is 22.3 Å². The Kier molecular flexibility index (Phi) is 5.61. The molecule has 3 aromatic carbocycles. The molecule has 1 aromatic heterocycles. The molecular formula is C25H23NO3. The topological polar surface area (TPSA) is 44.0 Å². The van der Waals surface area contributed by atoms with Crippen molar-refractivity contribution in [2.24, 2.45) is 4.99 Å². The van der Waals surface area contributed by atoms with E-state index in [1.54, 1.807) is 7.11 Å². The summed E-state index contributed by atoms with van der Waals surface area (Å²) in [6, 6.07) is 25.6. The van der Waals surface area contributed by atoms with Crippen molar-refractivity contribution in [3.8, 4) is 22.8 Å². The summed E-state index contributed by atoms with van der Waals surface area (Å²) in [7, 11) is 1.66. The molecule has 0 bridgehead atoms. The molecule has 0 radical (unpaired) electrons. The zero-order chi connectivity index (χ0) is 20.1. The number of methoxy groups -OCH3 is 1. The molecule has 146 valence electrons. The van der Waals surface area contributed by atoms with Gasteiger partial charge in [-0.25, -0.2) is 4.99 Å². The summed E-state index contributed by atoms with van der Waals surface area (Å²) >= 11 is 0. The minimum atomic E-state index is 0.710. The van der Waals surface area contributed by atoms with E-state index in [9.17, 15) is 0 Å². The highest BCUT2D eigenvalue weighted by atomic mass is 16.5. The van der Waals surface area contributed by atoms with Crippen LogP contribution in [0.15, 0.2) is 88.3 Å². The fourth-order valence-corrected chi connectivity index (χ4v) is 3.09. The highest BCUT2D eigenvalue weighted by molar-refractivity contribution is 5.80. The second-order valence-corrected chi connectivity index (χ2v) is 6.68. The highest BCUT2D eigenvalue weighted by Crippen LogP contribution is 2.25. The minimum Gasteiger partial charge on any atom is -0.497 e. The third kappa shape index (κ3) is 4.32. The lowest BCUT2D eigenvalue weighted by Crippen LogP contribution is -2.03. The number of ether oxygens (including phenoxy) is 2. The van der Waals surface area contributed by atoms with Crippen LogP contribution in [0.3, 0.4) is 0 Å². The Bertz CT molecular complexity index is 1160. The molecule has 0 aliphatic heterocycles. The van der Waals surface area contributed by atoms with Gasteiger partial charge >= 0.3 is 0 Å². The van der Waals surface area contributed by atoms with Gasteiger partial charge in [-0.1, -0.05) is 37.3 Å². The Hall–Kier alpha value is -3.53. The van der Waals surface area contributed by atoms with Gasteiger partial charge in [0.1, 0.15) is 22.8 Å². The summed E-state index contributed by atoms with van der Waals surface area (Å²) < 4.78 is 17.2. The maximum absolute atomic E-state index is 6.15. The highest BCUT2D eigenvalue weighted by Gasteiger charge is 2.07. The molecule has 29 heavy (non-hydrogen) atoms. The first-order chi connectivity index (χ1) is 14.3. The third-order valence-corrected chi connectivity index (χ3v) is 4.57. The van der Waals surface area contributed by atoms with Crippen LogP contribution in [0.2, 0.25) is 0 Å². The number of hydrogen-bond donors (Lipinski definition) is 0. The van der Waals surface area contributed by atoms with Gasteiger partial charge in [-0.2, -0.15) is 0 Å². The first kappa shape index (κ1) is 18.8. The van der Waals surface area contributed by atoms with Crippen LogP contribution >= 0.6 is 0 Å². The van der Waals surface area contributed by atoms with Crippen LogP contribution in [0.4, 0.5) is 5.69 Å². The zero-order valence-electron chi connectivity index (χ0n) is 16.6. The molecule has 4 aromatic rings. The molecule has 4 heteroatoms. The summed E-state index contributed by atoms with van der Waals surface area (Å²) in [6.45, 7) is 2.80. The average molecular weight is 385 g/mol. The van der Waals surface area contributed by atoms with Crippen LogP contribution in [0.5, 0.6) is 11.5 Å². The van der Waals surface area contributed by atoms with E-state index in [1.165, 1.54) is 0 Å². The average Bonchev–Trinajstić information content (AvgIpc) is 2.79. The molecule has 0 fully saturated rings. The summed E-state index contributed by atoms with van der Waals surface area (Å²) in [5.74, 6) is 2.38. The van der Waals surface area contributed by atoms with Crippen molar-refractivity contribution in [2.45, 2.75) is 13.3 Å². The molecule has 1 heterocycles. The molecule has 0 amide bonds. The van der Waals surface area contributed by atoms with E-state index < -0.39 is 0 Å².